The Bertz CT molecular complexity index is 903. The SMILES string of the molecule is [N-]=C=C(/C=C(\Cl)C(=Nc1ccccc1)C(=O)O)C(N)=O.[NH3+]c1ccccc1. The van der Waals surface area contributed by atoms with Crippen LogP contribution in [-0.2, 0) is 9.59 Å². The Balaban J connectivity index is 0.000000433. The van der Waals surface area contributed by atoms with Crippen LogP contribution in [0.25, 0.3) is 5.41 Å². The summed E-state index contributed by atoms with van der Waals surface area (Å²) in [5.74, 6) is -0.873. The molecule has 0 unspecified atom stereocenters. The van der Waals surface area contributed by atoms with Gasteiger partial charge in [-0.15, -0.1) is 0 Å². The highest BCUT2D eigenvalue weighted by molar-refractivity contribution is 6.58. The molecular weight excluding hydrogens is 368 g/mol. The number of nitrogens with zero attached hydrogens (tertiary/aromatic N) is 2. The monoisotopic (exact) mass is 384 g/mol. The van der Waals surface area contributed by atoms with Gasteiger partial charge in [-0.3, -0.25) is 10.7 Å². The Labute approximate surface area is 160 Å². The average molecular weight is 385 g/mol. The highest BCUT2D eigenvalue weighted by Gasteiger charge is 2.15. The first-order valence-electron chi connectivity index (χ1n) is 7.53. The van der Waals surface area contributed by atoms with E-state index in [-0.39, 0.29) is 5.03 Å². The number of quaternary nitrogens is 1. The number of rotatable bonds is 5. The maximum atomic E-state index is 11.1. The van der Waals surface area contributed by atoms with Gasteiger partial charge in [0.1, 0.15) is 5.69 Å². The second kappa shape index (κ2) is 11.2. The molecule has 7 nitrogen and oxygen atoms in total. The van der Waals surface area contributed by atoms with Crippen LogP contribution in [0.2, 0.25) is 0 Å². The van der Waals surface area contributed by atoms with Crippen LogP contribution >= 0.6 is 11.6 Å². The Morgan fingerprint density at radius 2 is 1.63 bits per heavy atom. The molecule has 0 atom stereocenters. The highest BCUT2D eigenvalue weighted by Crippen LogP contribution is 2.16. The molecule has 0 radical (unpaired) electrons. The minimum atomic E-state index is -1.39. The molecule has 0 aliphatic carbocycles. The standard InChI is InChI=1S/C13H9ClN3O3.C6H7N/c14-10(6-8(7-15)12(16)18)11(13(19)20)17-9-4-2-1-3-5-9;7-6-4-2-1-3-5-6/h1-6H,(H2,16,18)(H,19,20);1-5H,7H2/q-1;/p+1/b10-6-,17-11?;. The van der Waals surface area contributed by atoms with E-state index in [1.807, 2.05) is 30.3 Å². The van der Waals surface area contributed by atoms with Crippen molar-refractivity contribution in [3.05, 3.63) is 82.8 Å². The van der Waals surface area contributed by atoms with Crippen LogP contribution in [0, 0.1) is 0 Å². The van der Waals surface area contributed by atoms with Gasteiger partial charge in [0.05, 0.1) is 16.3 Å². The predicted molar refractivity (Wildman–Crippen MR) is 105 cm³/mol. The average Bonchev–Trinajstić information content (AvgIpc) is 2.65. The zero-order valence-corrected chi connectivity index (χ0v) is 14.9. The summed E-state index contributed by atoms with van der Waals surface area (Å²) in [6, 6.07) is 18.1. The molecular formula is C19H17ClN4O3. The van der Waals surface area contributed by atoms with Gasteiger partial charge in [-0.1, -0.05) is 48.0 Å². The minimum absolute atomic E-state index is 0.364. The summed E-state index contributed by atoms with van der Waals surface area (Å²) in [6.07, 6.45) is 0.875. The van der Waals surface area contributed by atoms with Gasteiger partial charge in [0.15, 0.2) is 5.71 Å². The lowest BCUT2D eigenvalue weighted by molar-refractivity contribution is -0.254. The Morgan fingerprint density at radius 1 is 1.11 bits per heavy atom. The quantitative estimate of drug-likeness (QED) is 0.413. The molecule has 2 aromatic carbocycles. The van der Waals surface area contributed by atoms with Gasteiger partial charge in [-0.2, -0.15) is 0 Å². The fourth-order valence-electron chi connectivity index (χ4n) is 1.67. The molecule has 6 N–H and O–H groups in total. The van der Waals surface area contributed by atoms with Crippen molar-refractivity contribution in [2.75, 3.05) is 0 Å². The zero-order chi connectivity index (χ0) is 20.2. The van der Waals surface area contributed by atoms with Crippen LogP contribution in [0.4, 0.5) is 11.4 Å². The second-order valence-corrected chi connectivity index (χ2v) is 5.38. The number of halogens is 1. The first kappa shape index (κ1) is 21.5. The topological polar surface area (TPSA) is 143 Å². The summed E-state index contributed by atoms with van der Waals surface area (Å²) in [4.78, 5) is 25.9. The van der Waals surface area contributed by atoms with Crippen molar-refractivity contribution in [1.29, 1.82) is 0 Å². The van der Waals surface area contributed by atoms with E-state index in [1.165, 1.54) is 5.87 Å². The van der Waals surface area contributed by atoms with E-state index in [0.717, 1.165) is 11.8 Å². The third kappa shape index (κ3) is 7.94. The van der Waals surface area contributed by atoms with Crippen molar-refractivity contribution < 1.29 is 20.4 Å². The van der Waals surface area contributed by atoms with Crippen LogP contribution < -0.4 is 11.5 Å². The molecule has 0 aromatic heterocycles. The summed E-state index contributed by atoms with van der Waals surface area (Å²) >= 11 is 5.78. The van der Waals surface area contributed by atoms with E-state index in [0.29, 0.717) is 5.69 Å². The van der Waals surface area contributed by atoms with E-state index in [1.54, 1.807) is 30.3 Å². The molecule has 1 amide bonds. The second-order valence-electron chi connectivity index (χ2n) is 4.97. The van der Waals surface area contributed by atoms with Gasteiger partial charge in [-0.05, 0) is 30.3 Å². The van der Waals surface area contributed by atoms with Crippen molar-refractivity contribution >= 4 is 46.4 Å². The van der Waals surface area contributed by atoms with Crippen molar-refractivity contribution in [2.24, 2.45) is 10.7 Å². The van der Waals surface area contributed by atoms with E-state index < -0.39 is 23.2 Å². The number of carbonyl (C=O) groups is 2. The lowest BCUT2D eigenvalue weighted by Crippen LogP contribution is -2.39. The number of amides is 1. The first-order chi connectivity index (χ1) is 12.8. The normalized spacial score (nSPS) is 10.9. The van der Waals surface area contributed by atoms with E-state index in [2.05, 4.69) is 10.7 Å². The fourth-order valence-corrected chi connectivity index (χ4v) is 1.90. The smallest absolute Gasteiger partial charge is 0.356 e. The number of hydrogen-bond acceptors (Lipinski definition) is 3. The molecule has 0 heterocycles. The number of aliphatic carboxylic acids is 1. The zero-order valence-electron chi connectivity index (χ0n) is 14.2. The first-order valence-corrected chi connectivity index (χ1v) is 7.91. The lowest BCUT2D eigenvalue weighted by atomic mass is 10.2. The van der Waals surface area contributed by atoms with Gasteiger partial charge in [0.25, 0.3) is 5.91 Å². The minimum Gasteiger partial charge on any atom is -0.763 e. The van der Waals surface area contributed by atoms with Crippen LogP contribution in [0.15, 0.2) is 82.3 Å². The number of hydrogen-bond donors (Lipinski definition) is 3. The lowest BCUT2D eigenvalue weighted by Gasteiger charge is -2.01. The van der Waals surface area contributed by atoms with Crippen LogP contribution in [0.5, 0.6) is 0 Å². The van der Waals surface area contributed by atoms with Crippen molar-refractivity contribution in [1.82, 2.24) is 0 Å². The molecule has 0 fully saturated rings. The van der Waals surface area contributed by atoms with E-state index in [4.69, 9.17) is 27.9 Å². The summed E-state index contributed by atoms with van der Waals surface area (Å²) in [5.41, 5.74) is 9.14. The summed E-state index contributed by atoms with van der Waals surface area (Å²) in [7, 11) is 0. The van der Waals surface area contributed by atoms with Crippen LogP contribution in [0.3, 0.4) is 0 Å². The third-order valence-corrected chi connectivity index (χ3v) is 3.21. The van der Waals surface area contributed by atoms with Gasteiger partial charge >= 0.3 is 5.97 Å². The number of para-hydroxylation sites is 1. The molecule has 0 saturated carbocycles. The molecule has 0 saturated heterocycles. The molecule has 0 aliphatic heterocycles. The van der Waals surface area contributed by atoms with Crippen molar-refractivity contribution in [2.45, 2.75) is 0 Å². The molecule has 138 valence electrons. The number of carboxylic acid groups (broad SMARTS) is 1. The van der Waals surface area contributed by atoms with Gasteiger partial charge in [-0.25, -0.2) is 9.79 Å². The van der Waals surface area contributed by atoms with Gasteiger partial charge in [0, 0.05) is 0 Å². The molecule has 0 bridgehead atoms. The third-order valence-electron chi connectivity index (χ3n) is 2.93. The number of primary amides is 1. The van der Waals surface area contributed by atoms with E-state index in [9.17, 15) is 9.59 Å². The number of nitrogens with two attached hydrogens (primary N) is 1. The van der Waals surface area contributed by atoms with Crippen molar-refractivity contribution in [3.63, 3.8) is 0 Å². The fraction of sp³-hybridized carbons (Fsp3) is 0. The van der Waals surface area contributed by atoms with E-state index >= 15 is 0 Å². The summed E-state index contributed by atoms with van der Waals surface area (Å²) in [5, 5.41) is 17.4. The molecule has 8 heteroatoms. The molecule has 27 heavy (non-hydrogen) atoms. The van der Waals surface area contributed by atoms with Gasteiger partial charge in [0.2, 0.25) is 0 Å². The Hall–Kier alpha value is -3.51. The number of carboxylic acids is 1. The van der Waals surface area contributed by atoms with Crippen LogP contribution in [0.1, 0.15) is 0 Å². The predicted octanol–water partition coefficient (Wildman–Crippen LogP) is 2.18. The summed E-state index contributed by atoms with van der Waals surface area (Å²) in [6.45, 7) is 0. The Kier molecular flexibility index (Phi) is 8.91. The molecule has 0 spiro atoms. The largest absolute Gasteiger partial charge is 0.763 e. The highest BCUT2D eigenvalue weighted by atomic mass is 35.5. The molecule has 2 rings (SSSR count). The van der Waals surface area contributed by atoms with Crippen molar-refractivity contribution in [3.8, 4) is 0 Å². The molecule has 0 aliphatic rings. The number of carbonyl (C=O) groups excluding carboxylic acids is 1. The van der Waals surface area contributed by atoms with Gasteiger partial charge < -0.3 is 22.0 Å². The van der Waals surface area contributed by atoms with Crippen LogP contribution in [-0.4, -0.2) is 28.6 Å². The summed E-state index contributed by atoms with van der Waals surface area (Å²) < 4.78 is 0. The Morgan fingerprint density at radius 3 is 2.00 bits per heavy atom. The number of aliphatic imine (C=N–C) groups is 1. The maximum Gasteiger partial charge on any atom is 0.356 e. The number of benzene rings is 2. The maximum absolute atomic E-state index is 11.1. The molecule has 2 aromatic rings.